The smallest absolute Gasteiger partial charge is 0.227 e. The zero-order valence-corrected chi connectivity index (χ0v) is 16.6. The van der Waals surface area contributed by atoms with Crippen molar-refractivity contribution in [2.45, 2.75) is 89.4 Å². The lowest BCUT2D eigenvalue weighted by Gasteiger charge is -2.52. The molecule has 0 aromatic heterocycles. The Balaban J connectivity index is 1.60. The minimum atomic E-state index is 0.0278. The second-order valence-corrected chi connectivity index (χ2v) is 9.55. The number of carbonyl (C=O) groups is 1. The fourth-order valence-electron chi connectivity index (χ4n) is 5.53. The Hall–Kier alpha value is -1.39. The third kappa shape index (κ3) is 2.97. The topological polar surface area (TPSA) is 32.8 Å². The van der Waals surface area contributed by atoms with Crippen LogP contribution in [0.5, 0.6) is 0 Å². The lowest BCUT2D eigenvalue weighted by molar-refractivity contribution is -0.305. The van der Waals surface area contributed by atoms with Crippen LogP contribution in [0.25, 0.3) is 0 Å². The van der Waals surface area contributed by atoms with Crippen LogP contribution in [0.2, 0.25) is 0 Å². The van der Waals surface area contributed by atoms with E-state index in [1.54, 1.807) is 0 Å². The molecule has 2 saturated heterocycles. The monoisotopic (exact) mass is 356 g/mol. The summed E-state index contributed by atoms with van der Waals surface area (Å²) in [6.07, 6.45) is 6.41. The Morgan fingerprint density at radius 2 is 1.65 bits per heavy atom. The Labute approximate surface area is 157 Å². The third-order valence-corrected chi connectivity index (χ3v) is 6.64. The normalized spacial score (nSPS) is 33.5. The average Bonchev–Trinajstić information content (AvgIpc) is 3.09. The van der Waals surface area contributed by atoms with Crippen LogP contribution < -0.4 is 4.90 Å². The van der Waals surface area contributed by atoms with E-state index >= 15 is 0 Å². The summed E-state index contributed by atoms with van der Waals surface area (Å²) < 4.78 is 0. The summed E-state index contributed by atoms with van der Waals surface area (Å²) in [4.78, 5) is 21.5. The lowest BCUT2D eigenvalue weighted by Crippen LogP contribution is -2.60. The van der Waals surface area contributed by atoms with Crippen molar-refractivity contribution in [1.82, 2.24) is 5.06 Å². The first-order chi connectivity index (χ1) is 12.3. The quantitative estimate of drug-likeness (QED) is 0.797. The van der Waals surface area contributed by atoms with Crippen molar-refractivity contribution in [3.05, 3.63) is 30.3 Å². The molecular formula is C22H32N2O2. The van der Waals surface area contributed by atoms with E-state index in [-0.39, 0.29) is 29.1 Å². The molecule has 1 amide bonds. The van der Waals surface area contributed by atoms with Crippen molar-refractivity contribution in [1.29, 1.82) is 0 Å². The van der Waals surface area contributed by atoms with Crippen molar-refractivity contribution < 1.29 is 9.63 Å². The molecule has 3 aliphatic rings. The Morgan fingerprint density at radius 1 is 1.00 bits per heavy atom. The number of carbonyl (C=O) groups excluding carboxylic acids is 1. The Bertz CT molecular complexity index is 654. The highest BCUT2D eigenvalue weighted by Crippen LogP contribution is 2.45. The molecule has 3 atom stereocenters. The molecule has 0 radical (unpaired) electrons. The van der Waals surface area contributed by atoms with E-state index in [1.807, 2.05) is 35.2 Å². The van der Waals surface area contributed by atoms with E-state index in [0.717, 1.165) is 31.4 Å². The van der Waals surface area contributed by atoms with Crippen molar-refractivity contribution in [3.63, 3.8) is 0 Å². The van der Waals surface area contributed by atoms with Gasteiger partial charge in [0.05, 0.1) is 6.04 Å². The summed E-state index contributed by atoms with van der Waals surface area (Å²) in [5.74, 6) is 0.667. The maximum atomic E-state index is 12.7. The molecule has 4 rings (SSSR count). The highest BCUT2D eigenvalue weighted by atomic mass is 16.7. The fourth-order valence-corrected chi connectivity index (χ4v) is 5.53. The van der Waals surface area contributed by atoms with Gasteiger partial charge in [-0.1, -0.05) is 18.2 Å². The van der Waals surface area contributed by atoms with E-state index in [1.165, 1.54) is 6.42 Å². The number of rotatable bonds is 3. The van der Waals surface area contributed by atoms with Gasteiger partial charge in [0.15, 0.2) is 0 Å². The van der Waals surface area contributed by atoms with E-state index in [0.29, 0.717) is 12.3 Å². The molecule has 0 N–H and O–H groups in total. The molecule has 2 heterocycles. The van der Waals surface area contributed by atoms with Crippen LogP contribution in [0.3, 0.4) is 0 Å². The van der Waals surface area contributed by atoms with Gasteiger partial charge in [-0.05, 0) is 77.8 Å². The maximum Gasteiger partial charge on any atom is 0.227 e. The average molecular weight is 357 g/mol. The van der Waals surface area contributed by atoms with E-state index in [2.05, 4.69) is 32.8 Å². The van der Waals surface area contributed by atoms with Gasteiger partial charge in [-0.15, -0.1) is 0 Å². The van der Waals surface area contributed by atoms with Crippen LogP contribution in [-0.2, 0) is 9.63 Å². The number of hydrogen-bond acceptors (Lipinski definition) is 3. The second kappa shape index (κ2) is 6.35. The minimum absolute atomic E-state index is 0.0278. The van der Waals surface area contributed by atoms with Gasteiger partial charge < -0.3 is 4.90 Å². The zero-order chi connectivity index (χ0) is 18.5. The minimum Gasteiger partial charge on any atom is -0.306 e. The van der Waals surface area contributed by atoms with Gasteiger partial charge in [0.1, 0.15) is 6.10 Å². The van der Waals surface area contributed by atoms with E-state index in [4.69, 9.17) is 4.84 Å². The van der Waals surface area contributed by atoms with Crippen molar-refractivity contribution in [2.24, 2.45) is 5.92 Å². The van der Waals surface area contributed by atoms with Gasteiger partial charge in [-0.2, -0.15) is 5.06 Å². The molecule has 0 unspecified atom stereocenters. The third-order valence-electron chi connectivity index (χ3n) is 6.64. The largest absolute Gasteiger partial charge is 0.306 e. The molecule has 142 valence electrons. The van der Waals surface area contributed by atoms with E-state index in [9.17, 15) is 4.79 Å². The summed E-state index contributed by atoms with van der Waals surface area (Å²) in [6, 6.07) is 10.3. The molecule has 4 nitrogen and oxygen atoms in total. The predicted octanol–water partition coefficient (Wildman–Crippen LogP) is 4.55. The van der Waals surface area contributed by atoms with Crippen molar-refractivity contribution in [3.8, 4) is 0 Å². The highest BCUT2D eigenvalue weighted by Gasteiger charge is 2.52. The molecule has 0 spiro atoms. The lowest BCUT2D eigenvalue weighted by atomic mass is 9.82. The summed E-state index contributed by atoms with van der Waals surface area (Å²) in [7, 11) is 0. The fraction of sp³-hybridized carbons (Fsp3) is 0.682. The number of piperidine rings is 1. The van der Waals surface area contributed by atoms with Crippen LogP contribution in [0, 0.1) is 5.92 Å². The van der Waals surface area contributed by atoms with Gasteiger partial charge in [-0.25, -0.2) is 0 Å². The summed E-state index contributed by atoms with van der Waals surface area (Å²) in [6.45, 7) is 9.15. The first-order valence-corrected chi connectivity index (χ1v) is 10.1. The first kappa shape index (κ1) is 18.0. The predicted molar refractivity (Wildman–Crippen MR) is 104 cm³/mol. The van der Waals surface area contributed by atoms with Gasteiger partial charge in [-0.3, -0.25) is 9.63 Å². The summed E-state index contributed by atoms with van der Waals surface area (Å²) >= 11 is 0. The number of nitrogens with zero attached hydrogens (tertiary/aromatic N) is 2. The van der Waals surface area contributed by atoms with Crippen LogP contribution in [0.15, 0.2) is 30.3 Å². The molecule has 1 saturated carbocycles. The second-order valence-electron chi connectivity index (χ2n) is 9.55. The molecule has 1 aromatic rings. The van der Waals surface area contributed by atoms with Crippen LogP contribution in [0.1, 0.15) is 66.2 Å². The maximum absolute atomic E-state index is 12.7. The number of hydroxylamine groups is 2. The molecule has 0 bridgehead atoms. The standard InChI is InChI=1S/C22H32N2O2/c1-21(2)13-8-14-22(3,4)24(21)26-18-12-11-16-15-19(25)23(20(16)18)17-9-6-5-7-10-17/h5-7,9-10,16,18,20H,8,11-15H2,1-4H3/t16-,18+,20+/m0/s1. The van der Waals surface area contributed by atoms with Gasteiger partial charge in [0, 0.05) is 23.2 Å². The first-order valence-electron chi connectivity index (χ1n) is 10.1. The highest BCUT2D eigenvalue weighted by molar-refractivity contribution is 5.97. The molecule has 3 fully saturated rings. The van der Waals surface area contributed by atoms with Gasteiger partial charge in [0.25, 0.3) is 0 Å². The summed E-state index contributed by atoms with van der Waals surface area (Å²) in [5.41, 5.74) is 1.07. The van der Waals surface area contributed by atoms with Crippen LogP contribution in [0.4, 0.5) is 5.69 Å². The van der Waals surface area contributed by atoms with Crippen molar-refractivity contribution in [2.75, 3.05) is 4.90 Å². The molecule has 4 heteroatoms. The molecule has 1 aromatic carbocycles. The Kier molecular flexibility index (Phi) is 4.39. The number of fused-ring (bicyclic) bond motifs is 1. The van der Waals surface area contributed by atoms with Gasteiger partial charge >= 0.3 is 0 Å². The molecule has 2 aliphatic heterocycles. The Morgan fingerprint density at radius 3 is 2.31 bits per heavy atom. The number of amides is 1. The van der Waals surface area contributed by atoms with Gasteiger partial charge in [0.2, 0.25) is 5.91 Å². The number of benzene rings is 1. The van der Waals surface area contributed by atoms with Crippen LogP contribution >= 0.6 is 0 Å². The number of anilines is 1. The summed E-state index contributed by atoms with van der Waals surface area (Å²) in [5, 5.41) is 2.27. The van der Waals surface area contributed by atoms with Crippen LogP contribution in [-0.4, -0.2) is 34.2 Å². The number of hydrogen-bond donors (Lipinski definition) is 0. The number of para-hydroxylation sites is 1. The molecule has 1 aliphatic carbocycles. The SMILES string of the molecule is CC1(C)CCCC(C)(C)N1O[C@@H]1CC[C@H]2CC(=O)N(c3ccccc3)[C@H]21. The molecule has 26 heavy (non-hydrogen) atoms. The zero-order valence-electron chi connectivity index (χ0n) is 16.6. The molecular weight excluding hydrogens is 324 g/mol. The van der Waals surface area contributed by atoms with Crippen molar-refractivity contribution >= 4 is 11.6 Å². The van der Waals surface area contributed by atoms with E-state index < -0.39 is 0 Å².